The van der Waals surface area contributed by atoms with Crippen molar-refractivity contribution < 1.29 is 0 Å². The first-order valence-electron chi connectivity index (χ1n) is 17.3. The molecule has 0 amide bonds. The zero-order valence-corrected chi connectivity index (χ0v) is 28.2. The maximum absolute atomic E-state index is 7.38. The molecule has 0 aliphatic heterocycles. The smallest absolute Gasteiger partial charge is 0.187 e. The lowest BCUT2D eigenvalue weighted by molar-refractivity contribution is 1.18. The maximum atomic E-state index is 7.38. The van der Waals surface area contributed by atoms with E-state index in [1.54, 1.807) is 0 Å². The van der Waals surface area contributed by atoms with Gasteiger partial charge in [0.25, 0.3) is 0 Å². The van der Waals surface area contributed by atoms with Gasteiger partial charge in [-0.05, 0) is 79.2 Å². The summed E-state index contributed by atoms with van der Waals surface area (Å²) in [7, 11) is 0. The highest BCUT2D eigenvalue weighted by Gasteiger charge is 2.13. The number of rotatable bonds is 6. The molecule has 0 fully saturated rings. The van der Waals surface area contributed by atoms with E-state index in [-0.39, 0.29) is 0 Å². The molecule has 3 nitrogen and oxygen atoms in total. The first kappa shape index (κ1) is 30.9. The zero-order chi connectivity index (χ0) is 34.9. The summed E-state index contributed by atoms with van der Waals surface area (Å²) in [6, 6.07) is 65.5. The Morgan fingerprint density at radius 2 is 0.885 bits per heavy atom. The molecule has 0 radical (unpaired) electrons. The van der Waals surface area contributed by atoms with Crippen LogP contribution in [0.4, 0.5) is 5.69 Å². The molecule has 0 atom stereocenters. The van der Waals surface area contributed by atoms with Crippen molar-refractivity contribution in [3.63, 3.8) is 0 Å². The molecule has 0 N–H and O–H groups in total. The maximum Gasteiger partial charge on any atom is 0.187 e. The highest BCUT2D eigenvalue weighted by Crippen LogP contribution is 2.38. The van der Waals surface area contributed by atoms with Crippen LogP contribution < -0.4 is 0 Å². The van der Waals surface area contributed by atoms with Gasteiger partial charge in [-0.3, -0.25) is 0 Å². The molecule has 9 aromatic rings. The van der Waals surface area contributed by atoms with Gasteiger partial charge in [-0.15, -0.1) is 0 Å². The number of hydrogen-bond acceptors (Lipinski definition) is 2. The van der Waals surface area contributed by atoms with E-state index in [0.29, 0.717) is 11.5 Å². The summed E-state index contributed by atoms with van der Waals surface area (Å²) in [5, 5.41) is 4.78. The van der Waals surface area contributed by atoms with Crippen molar-refractivity contribution in [2.45, 2.75) is 0 Å². The lowest BCUT2D eigenvalue weighted by atomic mass is 9.90. The van der Waals surface area contributed by atoms with Gasteiger partial charge in [0.15, 0.2) is 11.5 Å². The summed E-state index contributed by atoms with van der Waals surface area (Å²) >= 11 is 0. The summed E-state index contributed by atoms with van der Waals surface area (Å²) in [6.45, 7) is 7.38. The molecule has 0 aliphatic rings. The van der Waals surface area contributed by atoms with Gasteiger partial charge in [0.05, 0.1) is 18.0 Å². The number of hydrogen-bond donors (Lipinski definition) is 0. The molecule has 3 heteroatoms. The van der Waals surface area contributed by atoms with Crippen LogP contribution in [0.5, 0.6) is 0 Å². The highest BCUT2D eigenvalue weighted by atomic mass is 14.9. The molecule has 8 aromatic carbocycles. The molecule has 0 spiro atoms. The highest BCUT2D eigenvalue weighted by molar-refractivity contribution is 6.05. The van der Waals surface area contributed by atoms with Gasteiger partial charge in [0.2, 0.25) is 0 Å². The number of benzene rings is 8. The number of fused-ring (bicyclic) bond motifs is 2. The number of aromatic nitrogens is 2. The molecule has 1 heterocycles. The van der Waals surface area contributed by atoms with Crippen LogP contribution in [0.25, 0.3) is 93.7 Å². The molecule has 0 saturated carbocycles. The van der Waals surface area contributed by atoms with Crippen molar-refractivity contribution >= 4 is 27.2 Å². The van der Waals surface area contributed by atoms with E-state index < -0.39 is 0 Å². The summed E-state index contributed by atoms with van der Waals surface area (Å²) in [5.74, 6) is 0.711. The first-order valence-corrected chi connectivity index (χ1v) is 17.3. The fourth-order valence-corrected chi connectivity index (χ4v) is 7.04. The molecule has 0 bridgehead atoms. The zero-order valence-electron chi connectivity index (χ0n) is 28.2. The van der Waals surface area contributed by atoms with Gasteiger partial charge in [0, 0.05) is 16.7 Å². The molecule has 52 heavy (non-hydrogen) atoms. The lowest BCUT2D eigenvalue weighted by Gasteiger charge is -2.14. The van der Waals surface area contributed by atoms with Crippen molar-refractivity contribution in [1.82, 2.24) is 9.97 Å². The topological polar surface area (TPSA) is 30.1 Å². The quantitative estimate of drug-likeness (QED) is 0.166. The van der Waals surface area contributed by atoms with Crippen LogP contribution in [-0.4, -0.2) is 9.97 Å². The normalized spacial score (nSPS) is 11.1. The monoisotopic (exact) mass is 661 g/mol. The average Bonchev–Trinajstić information content (AvgIpc) is 3.23. The Labute approximate surface area is 303 Å². The fourth-order valence-electron chi connectivity index (χ4n) is 7.04. The van der Waals surface area contributed by atoms with Gasteiger partial charge >= 0.3 is 0 Å². The van der Waals surface area contributed by atoms with E-state index in [1.165, 1.54) is 32.7 Å². The minimum Gasteiger partial charge on any atom is -0.238 e. The van der Waals surface area contributed by atoms with Crippen LogP contribution >= 0.6 is 0 Å². The Bertz CT molecular complexity index is 2710. The van der Waals surface area contributed by atoms with Crippen molar-refractivity contribution in [1.29, 1.82) is 0 Å². The minimum absolute atomic E-state index is 0.645. The molecule has 0 saturated heterocycles. The molecule has 0 unspecified atom stereocenters. The van der Waals surface area contributed by atoms with E-state index in [0.717, 1.165) is 50.3 Å². The summed E-state index contributed by atoms with van der Waals surface area (Å²) in [6.07, 6.45) is 0. The van der Waals surface area contributed by atoms with Gasteiger partial charge < -0.3 is 0 Å². The number of nitrogens with zero attached hydrogens (tertiary/aromatic N) is 3. The molecule has 1 aromatic heterocycles. The van der Waals surface area contributed by atoms with Gasteiger partial charge in [-0.2, -0.15) is 0 Å². The van der Waals surface area contributed by atoms with E-state index in [1.807, 2.05) is 48.5 Å². The fraction of sp³-hybridized carbons (Fsp3) is 0. The Balaban J connectivity index is 1.08. The second-order valence-corrected chi connectivity index (χ2v) is 12.9. The van der Waals surface area contributed by atoms with E-state index >= 15 is 0 Å². The van der Waals surface area contributed by atoms with Crippen molar-refractivity contribution in [2.75, 3.05) is 0 Å². The van der Waals surface area contributed by atoms with Gasteiger partial charge in [0.1, 0.15) is 0 Å². The Morgan fingerprint density at radius 3 is 1.60 bits per heavy atom. The SMILES string of the molecule is [C-]#[N+]c1ccc(-c2cc(-c3cccc4cc(-c5ccc(-c6cc(-c7ccccc7)nc(-c7ccccc7)n6)cc5)ccc34)cc3ccccc23)cc1. The second kappa shape index (κ2) is 13.3. The van der Waals surface area contributed by atoms with E-state index in [4.69, 9.17) is 16.5 Å². The van der Waals surface area contributed by atoms with E-state index in [2.05, 4.69) is 144 Å². The third-order valence-electron chi connectivity index (χ3n) is 9.70. The molecule has 0 aliphatic carbocycles. The average molecular weight is 662 g/mol. The second-order valence-electron chi connectivity index (χ2n) is 12.9. The standard InChI is InChI=1S/C49H31N3/c1-50-42-26-23-34(24-27-42)46-31-41(30-39-15-8-9-17-43(39)46)44-18-10-16-40-29-38(25-28-45(40)44)33-19-21-36(22-20-33)48-32-47(35-11-4-2-5-12-35)51-49(52-48)37-13-6-3-7-14-37/h2-32H. The van der Waals surface area contributed by atoms with Gasteiger partial charge in [-0.25, -0.2) is 14.8 Å². The van der Waals surface area contributed by atoms with Crippen LogP contribution in [0, 0.1) is 6.57 Å². The van der Waals surface area contributed by atoms with Crippen molar-refractivity contribution in [3.05, 3.63) is 199 Å². The van der Waals surface area contributed by atoms with Crippen LogP contribution in [0.15, 0.2) is 188 Å². The molecular weight excluding hydrogens is 631 g/mol. The predicted octanol–water partition coefficient (Wildman–Crippen LogP) is 13.3. The van der Waals surface area contributed by atoms with E-state index in [9.17, 15) is 0 Å². The molecule has 9 rings (SSSR count). The Hall–Kier alpha value is -7.15. The van der Waals surface area contributed by atoms with Gasteiger partial charge in [-0.1, -0.05) is 164 Å². The minimum atomic E-state index is 0.645. The largest absolute Gasteiger partial charge is 0.238 e. The van der Waals surface area contributed by atoms with Crippen molar-refractivity contribution in [3.8, 4) is 67.3 Å². The molecular formula is C49H31N3. The summed E-state index contributed by atoms with van der Waals surface area (Å²) in [4.78, 5) is 13.5. The van der Waals surface area contributed by atoms with Crippen LogP contribution in [0.2, 0.25) is 0 Å². The molecule has 242 valence electrons. The first-order chi connectivity index (χ1) is 25.7. The third-order valence-corrected chi connectivity index (χ3v) is 9.70. The van der Waals surface area contributed by atoms with Crippen LogP contribution in [0.3, 0.4) is 0 Å². The third kappa shape index (κ3) is 5.89. The predicted molar refractivity (Wildman–Crippen MR) is 216 cm³/mol. The Morgan fingerprint density at radius 1 is 0.346 bits per heavy atom. The summed E-state index contributed by atoms with van der Waals surface area (Å²) in [5.41, 5.74) is 12.5. The lowest BCUT2D eigenvalue weighted by Crippen LogP contribution is -1.95. The summed E-state index contributed by atoms with van der Waals surface area (Å²) < 4.78 is 0. The van der Waals surface area contributed by atoms with Crippen LogP contribution in [-0.2, 0) is 0 Å². The Kier molecular flexibility index (Phi) is 7.89. The van der Waals surface area contributed by atoms with Crippen molar-refractivity contribution in [2.24, 2.45) is 0 Å². The van der Waals surface area contributed by atoms with Crippen LogP contribution in [0.1, 0.15) is 0 Å².